The number of rotatable bonds is 3. The monoisotopic (exact) mass is 281 g/mol. The molecule has 0 radical (unpaired) electrons. The van der Waals surface area contributed by atoms with E-state index in [1.54, 1.807) is 24.3 Å². The standard InChI is InChI=1S/C13H19N3O2S/c14-19(17,18)12-3-1-11(2-4-12)15-13-6-8-16-7-5-10(13)9-16/h1-4,10,13,15H,5-9H2,(H2,14,17,18). The average molecular weight is 281 g/mol. The first-order chi connectivity index (χ1) is 9.02. The number of piperidine rings is 1. The molecule has 2 bridgehead atoms. The molecule has 6 heteroatoms. The Hall–Kier alpha value is -1.11. The summed E-state index contributed by atoms with van der Waals surface area (Å²) in [5.74, 6) is 0.715. The molecule has 0 saturated carbocycles. The van der Waals surface area contributed by atoms with Crippen molar-refractivity contribution in [3.05, 3.63) is 24.3 Å². The number of hydrogen-bond donors (Lipinski definition) is 2. The summed E-state index contributed by atoms with van der Waals surface area (Å²) >= 11 is 0. The van der Waals surface area contributed by atoms with E-state index in [9.17, 15) is 8.42 Å². The summed E-state index contributed by atoms with van der Waals surface area (Å²) in [5, 5.41) is 8.61. The van der Waals surface area contributed by atoms with Crippen LogP contribution in [0.5, 0.6) is 0 Å². The Bertz CT molecular complexity index is 556. The minimum atomic E-state index is -3.60. The Kier molecular flexibility index (Phi) is 3.24. The summed E-state index contributed by atoms with van der Waals surface area (Å²) in [7, 11) is -3.60. The van der Waals surface area contributed by atoms with Crippen molar-refractivity contribution in [2.45, 2.75) is 23.8 Å². The van der Waals surface area contributed by atoms with Crippen LogP contribution in [0, 0.1) is 5.92 Å². The van der Waals surface area contributed by atoms with Crippen LogP contribution in [0.15, 0.2) is 29.2 Å². The molecule has 2 heterocycles. The Labute approximate surface area is 113 Å². The van der Waals surface area contributed by atoms with Crippen LogP contribution in [0.3, 0.4) is 0 Å². The van der Waals surface area contributed by atoms with E-state index < -0.39 is 10.0 Å². The third-order valence-electron chi connectivity index (χ3n) is 4.17. The van der Waals surface area contributed by atoms with Crippen LogP contribution in [-0.2, 0) is 10.0 Å². The number of sulfonamides is 1. The molecule has 0 aromatic heterocycles. The number of hydrogen-bond acceptors (Lipinski definition) is 4. The third kappa shape index (κ3) is 2.75. The van der Waals surface area contributed by atoms with Crippen LogP contribution in [-0.4, -0.2) is 39.0 Å². The lowest BCUT2D eigenvalue weighted by atomic mass is 9.94. The van der Waals surface area contributed by atoms with Crippen LogP contribution in [0.2, 0.25) is 0 Å². The molecule has 3 N–H and O–H groups in total. The highest BCUT2D eigenvalue weighted by atomic mass is 32.2. The largest absolute Gasteiger partial charge is 0.382 e. The van der Waals surface area contributed by atoms with Crippen molar-refractivity contribution in [2.75, 3.05) is 25.0 Å². The van der Waals surface area contributed by atoms with Gasteiger partial charge in [-0.25, -0.2) is 13.6 Å². The van der Waals surface area contributed by atoms with Crippen molar-refractivity contribution in [1.82, 2.24) is 4.90 Å². The molecule has 2 saturated heterocycles. The van der Waals surface area contributed by atoms with E-state index in [1.165, 1.54) is 19.5 Å². The van der Waals surface area contributed by atoms with Crippen molar-refractivity contribution in [1.29, 1.82) is 0 Å². The fourth-order valence-electron chi connectivity index (χ4n) is 3.10. The molecule has 3 unspecified atom stereocenters. The zero-order valence-corrected chi connectivity index (χ0v) is 11.6. The van der Waals surface area contributed by atoms with Gasteiger partial charge in [-0.1, -0.05) is 0 Å². The highest BCUT2D eigenvalue weighted by Crippen LogP contribution is 2.29. The maximum atomic E-state index is 11.2. The molecule has 104 valence electrons. The minimum absolute atomic E-state index is 0.161. The molecule has 0 aliphatic carbocycles. The van der Waals surface area contributed by atoms with Gasteiger partial charge in [0.25, 0.3) is 0 Å². The molecule has 0 spiro atoms. The number of anilines is 1. The summed E-state index contributed by atoms with van der Waals surface area (Å²) in [6.07, 6.45) is 2.41. The molecule has 1 aromatic carbocycles. The van der Waals surface area contributed by atoms with E-state index in [2.05, 4.69) is 10.2 Å². The Morgan fingerprint density at radius 3 is 2.53 bits per heavy atom. The summed E-state index contributed by atoms with van der Waals surface area (Å²) in [6.45, 7) is 3.56. The topological polar surface area (TPSA) is 75.4 Å². The van der Waals surface area contributed by atoms with Gasteiger partial charge in [0.2, 0.25) is 10.0 Å². The van der Waals surface area contributed by atoms with Crippen LogP contribution < -0.4 is 10.5 Å². The van der Waals surface area contributed by atoms with E-state index in [4.69, 9.17) is 5.14 Å². The van der Waals surface area contributed by atoms with Crippen molar-refractivity contribution >= 4 is 15.7 Å². The van der Waals surface area contributed by atoms with Gasteiger partial charge in [-0.15, -0.1) is 0 Å². The summed E-state index contributed by atoms with van der Waals surface area (Å²) in [6, 6.07) is 7.20. The zero-order valence-electron chi connectivity index (χ0n) is 10.7. The number of benzene rings is 1. The van der Waals surface area contributed by atoms with Crippen molar-refractivity contribution in [3.63, 3.8) is 0 Å². The first kappa shape index (κ1) is 12.9. The first-order valence-electron chi connectivity index (χ1n) is 6.64. The van der Waals surface area contributed by atoms with Crippen molar-refractivity contribution in [2.24, 2.45) is 11.1 Å². The number of primary sulfonamides is 1. The quantitative estimate of drug-likeness (QED) is 0.861. The number of nitrogens with one attached hydrogen (secondary N) is 1. The van der Waals surface area contributed by atoms with Crippen LogP contribution in [0.4, 0.5) is 5.69 Å². The second-order valence-electron chi connectivity index (χ2n) is 5.46. The van der Waals surface area contributed by atoms with Gasteiger partial charge in [0, 0.05) is 24.8 Å². The number of nitrogens with zero attached hydrogens (tertiary/aromatic N) is 1. The SMILES string of the molecule is NS(=O)(=O)c1ccc(NC2CCN3CCC2C3)cc1. The third-order valence-corrected chi connectivity index (χ3v) is 5.10. The van der Waals surface area contributed by atoms with Gasteiger partial charge in [-0.05, 0) is 49.6 Å². The van der Waals surface area contributed by atoms with E-state index in [-0.39, 0.29) is 4.90 Å². The second-order valence-corrected chi connectivity index (χ2v) is 7.02. The molecule has 2 aliphatic heterocycles. The lowest BCUT2D eigenvalue weighted by molar-refractivity contribution is 0.255. The Balaban J connectivity index is 1.70. The lowest BCUT2D eigenvalue weighted by Gasteiger charge is -2.31. The minimum Gasteiger partial charge on any atom is -0.382 e. The highest BCUT2D eigenvalue weighted by molar-refractivity contribution is 7.89. The van der Waals surface area contributed by atoms with Gasteiger partial charge in [0.05, 0.1) is 4.90 Å². The predicted molar refractivity (Wildman–Crippen MR) is 74.4 cm³/mol. The molecule has 2 aliphatic rings. The maximum absolute atomic E-state index is 11.2. The van der Waals surface area contributed by atoms with E-state index in [0.29, 0.717) is 12.0 Å². The summed E-state index contributed by atoms with van der Waals surface area (Å²) < 4.78 is 22.4. The highest BCUT2D eigenvalue weighted by Gasteiger charge is 2.33. The van der Waals surface area contributed by atoms with Gasteiger partial charge in [0.1, 0.15) is 0 Å². The molecule has 3 atom stereocenters. The molecular formula is C13H19N3O2S. The predicted octanol–water partition coefficient (Wildman–Crippen LogP) is 0.840. The van der Waals surface area contributed by atoms with E-state index >= 15 is 0 Å². The van der Waals surface area contributed by atoms with Crippen molar-refractivity contribution < 1.29 is 8.42 Å². The van der Waals surface area contributed by atoms with Crippen molar-refractivity contribution in [3.8, 4) is 0 Å². The zero-order chi connectivity index (χ0) is 13.5. The maximum Gasteiger partial charge on any atom is 0.238 e. The normalized spacial score (nSPS) is 30.3. The molecular weight excluding hydrogens is 262 g/mol. The van der Waals surface area contributed by atoms with Gasteiger partial charge < -0.3 is 10.2 Å². The number of nitrogens with two attached hydrogens (primary N) is 1. The molecule has 1 aromatic rings. The lowest BCUT2D eigenvalue weighted by Crippen LogP contribution is -2.39. The Morgan fingerprint density at radius 1 is 1.16 bits per heavy atom. The van der Waals surface area contributed by atoms with Gasteiger partial charge >= 0.3 is 0 Å². The average Bonchev–Trinajstić information content (AvgIpc) is 2.75. The van der Waals surface area contributed by atoms with Gasteiger partial charge in [-0.3, -0.25) is 0 Å². The van der Waals surface area contributed by atoms with Crippen LogP contribution in [0.25, 0.3) is 0 Å². The van der Waals surface area contributed by atoms with Gasteiger partial charge in [-0.2, -0.15) is 0 Å². The summed E-state index contributed by atoms with van der Waals surface area (Å²) in [5.41, 5.74) is 0.970. The summed E-state index contributed by atoms with van der Waals surface area (Å²) in [4.78, 5) is 2.67. The smallest absolute Gasteiger partial charge is 0.238 e. The molecule has 5 nitrogen and oxygen atoms in total. The fourth-order valence-corrected chi connectivity index (χ4v) is 3.61. The first-order valence-corrected chi connectivity index (χ1v) is 8.19. The molecule has 19 heavy (non-hydrogen) atoms. The van der Waals surface area contributed by atoms with Crippen LogP contribution in [0.1, 0.15) is 12.8 Å². The van der Waals surface area contributed by atoms with Crippen LogP contribution >= 0.6 is 0 Å². The molecule has 2 fully saturated rings. The van der Waals surface area contributed by atoms with Gasteiger partial charge in [0.15, 0.2) is 0 Å². The molecule has 3 rings (SSSR count). The molecule has 0 amide bonds. The fraction of sp³-hybridized carbons (Fsp3) is 0.538. The Morgan fingerprint density at radius 2 is 1.84 bits per heavy atom. The van der Waals surface area contributed by atoms with E-state index in [1.807, 2.05) is 0 Å². The van der Waals surface area contributed by atoms with E-state index in [0.717, 1.165) is 18.7 Å². The second kappa shape index (κ2) is 4.77. The number of fused-ring (bicyclic) bond motifs is 2.